The number of phenolic OH excluding ortho intramolecular Hbond substituents is 2. The molecule has 0 radical (unpaired) electrons. The second-order valence-corrected chi connectivity index (χ2v) is 9.71. The molecule has 0 aliphatic heterocycles. The fourth-order valence-electron chi connectivity index (χ4n) is 5.33. The van der Waals surface area contributed by atoms with Crippen LogP contribution in [0, 0.1) is 17.8 Å². The van der Waals surface area contributed by atoms with E-state index in [1.165, 1.54) is 13.2 Å². The lowest BCUT2D eigenvalue weighted by molar-refractivity contribution is -0.131. The zero-order chi connectivity index (χ0) is 27.8. The van der Waals surface area contributed by atoms with E-state index in [9.17, 15) is 34.8 Å². The smallest absolute Gasteiger partial charge is 0.224 e. The quantitative estimate of drug-likeness (QED) is 0.249. The Morgan fingerprint density at radius 3 is 2.58 bits per heavy atom. The van der Waals surface area contributed by atoms with Gasteiger partial charge in [-0.25, -0.2) is 0 Å². The molecule has 1 aliphatic rings. The molecule has 0 fully saturated rings. The lowest BCUT2D eigenvalue weighted by Gasteiger charge is -2.31. The first-order chi connectivity index (χ1) is 18.2. The molecular weight excluding hydrogens is 490 g/mol. The second kappa shape index (κ2) is 13.2. The van der Waals surface area contributed by atoms with Crippen LogP contribution in [0.3, 0.4) is 0 Å². The van der Waals surface area contributed by atoms with Crippen molar-refractivity contribution in [3.05, 3.63) is 58.7 Å². The molecule has 3 atom stereocenters. The molecule has 38 heavy (non-hydrogen) atoms. The van der Waals surface area contributed by atoms with Crippen LogP contribution < -0.4 is 10.5 Å². The summed E-state index contributed by atoms with van der Waals surface area (Å²) in [6, 6.07) is 8.44. The number of ether oxygens (including phenoxy) is 1. The predicted molar refractivity (Wildman–Crippen MR) is 141 cm³/mol. The third-order valence-corrected chi connectivity index (χ3v) is 7.17. The van der Waals surface area contributed by atoms with Crippen molar-refractivity contribution in [2.45, 2.75) is 38.5 Å². The highest BCUT2D eigenvalue weighted by Gasteiger charge is 2.34. The molecule has 0 heterocycles. The van der Waals surface area contributed by atoms with Gasteiger partial charge in [-0.1, -0.05) is 30.4 Å². The van der Waals surface area contributed by atoms with Crippen LogP contribution in [0.15, 0.2) is 36.4 Å². The highest BCUT2D eigenvalue weighted by atomic mass is 16.5. The number of rotatable bonds is 13. The predicted octanol–water partition coefficient (Wildman–Crippen LogP) is 2.55. The number of ketones is 2. The summed E-state index contributed by atoms with van der Waals surface area (Å²) in [4.78, 5) is 36.9. The summed E-state index contributed by atoms with van der Waals surface area (Å²) in [5, 5.41) is 40.2. The average molecular weight is 526 g/mol. The van der Waals surface area contributed by atoms with Gasteiger partial charge in [-0.3, -0.25) is 14.4 Å². The maximum absolute atomic E-state index is 13.1. The molecule has 2 aromatic rings. The molecule has 0 bridgehead atoms. The number of allylic oxidation sites excluding steroid dienone is 1. The minimum absolute atomic E-state index is 0.0573. The summed E-state index contributed by atoms with van der Waals surface area (Å²) in [5.74, 6) is -2.66. The monoisotopic (exact) mass is 525 g/mol. The minimum atomic E-state index is -0.870. The van der Waals surface area contributed by atoms with E-state index in [2.05, 4.69) is 0 Å². The van der Waals surface area contributed by atoms with Crippen molar-refractivity contribution in [3.8, 4) is 17.2 Å². The molecule has 0 aromatic heterocycles. The first-order valence-electron chi connectivity index (χ1n) is 12.6. The number of carbonyl (C=O) groups is 3. The van der Waals surface area contributed by atoms with Crippen LogP contribution in [0.4, 0.5) is 0 Å². The number of amides is 1. The molecule has 2 aromatic carbocycles. The standard InChI is InChI=1S/C29H35NO8/c1-38-26-7-3-6-19(29(26)37)5-2-4-18-8-9-23(33)28-21(18)13-17(14-25(28)35)12-20(10-11-31)22(16-32)24(34)15-27(30)36/h2-4,6-9,17,20,22,31-33,37H,5,10-16H2,1H3,(H2,30,36). The molecule has 204 valence electrons. The van der Waals surface area contributed by atoms with Gasteiger partial charge in [-0.05, 0) is 60.8 Å². The van der Waals surface area contributed by atoms with Crippen LogP contribution in [0.2, 0.25) is 0 Å². The minimum Gasteiger partial charge on any atom is -0.507 e. The van der Waals surface area contributed by atoms with Gasteiger partial charge in [-0.15, -0.1) is 0 Å². The summed E-state index contributed by atoms with van der Waals surface area (Å²) in [7, 11) is 1.48. The van der Waals surface area contributed by atoms with E-state index in [0.717, 1.165) is 5.56 Å². The lowest BCUT2D eigenvalue weighted by atomic mass is 9.73. The number of methoxy groups -OCH3 is 1. The number of benzene rings is 2. The summed E-state index contributed by atoms with van der Waals surface area (Å²) in [6.45, 7) is -0.700. The number of nitrogens with two attached hydrogens (primary N) is 1. The lowest BCUT2D eigenvalue weighted by Crippen LogP contribution is -2.33. The Labute approximate surface area is 221 Å². The van der Waals surface area contributed by atoms with Crippen molar-refractivity contribution in [2.75, 3.05) is 20.3 Å². The van der Waals surface area contributed by atoms with Crippen molar-refractivity contribution in [3.63, 3.8) is 0 Å². The third-order valence-electron chi connectivity index (χ3n) is 7.17. The third kappa shape index (κ3) is 6.79. The van der Waals surface area contributed by atoms with Crippen molar-refractivity contribution >= 4 is 23.5 Å². The van der Waals surface area contributed by atoms with Gasteiger partial charge in [0.15, 0.2) is 17.3 Å². The van der Waals surface area contributed by atoms with Crippen LogP contribution in [0.5, 0.6) is 17.2 Å². The summed E-state index contributed by atoms with van der Waals surface area (Å²) in [5.41, 5.74) is 7.54. The summed E-state index contributed by atoms with van der Waals surface area (Å²) < 4.78 is 5.15. The van der Waals surface area contributed by atoms with Gasteiger partial charge >= 0.3 is 0 Å². The van der Waals surface area contributed by atoms with Crippen LogP contribution in [0.1, 0.15) is 52.7 Å². The number of carbonyl (C=O) groups excluding carboxylic acids is 3. The molecule has 0 spiro atoms. The maximum atomic E-state index is 13.1. The van der Waals surface area contributed by atoms with Crippen molar-refractivity contribution in [2.24, 2.45) is 23.5 Å². The number of hydrogen-bond acceptors (Lipinski definition) is 8. The van der Waals surface area contributed by atoms with Crippen LogP contribution >= 0.6 is 0 Å². The van der Waals surface area contributed by atoms with E-state index < -0.39 is 36.6 Å². The molecule has 3 unspecified atom stereocenters. The zero-order valence-electron chi connectivity index (χ0n) is 21.4. The van der Waals surface area contributed by atoms with E-state index in [1.807, 2.05) is 12.2 Å². The van der Waals surface area contributed by atoms with Crippen molar-refractivity contribution in [1.82, 2.24) is 0 Å². The van der Waals surface area contributed by atoms with Crippen LogP contribution in [0.25, 0.3) is 6.08 Å². The van der Waals surface area contributed by atoms with E-state index >= 15 is 0 Å². The fourth-order valence-corrected chi connectivity index (χ4v) is 5.33. The number of aromatic hydroxyl groups is 2. The normalized spacial score (nSPS) is 16.7. The Balaban J connectivity index is 1.84. The number of aliphatic hydroxyl groups is 2. The van der Waals surface area contributed by atoms with E-state index in [1.54, 1.807) is 24.3 Å². The van der Waals surface area contributed by atoms with Crippen LogP contribution in [-0.4, -0.2) is 58.2 Å². The molecular formula is C29H35NO8. The molecule has 6 N–H and O–H groups in total. The Bertz CT molecular complexity index is 1210. The zero-order valence-corrected chi connectivity index (χ0v) is 21.4. The Morgan fingerprint density at radius 1 is 1.16 bits per heavy atom. The van der Waals surface area contributed by atoms with E-state index in [4.69, 9.17) is 10.5 Å². The number of Topliss-reactive ketones (excluding diaryl/α,β-unsaturated/α-hetero) is 2. The van der Waals surface area contributed by atoms with E-state index in [-0.39, 0.29) is 48.2 Å². The van der Waals surface area contributed by atoms with Gasteiger partial charge < -0.3 is 30.9 Å². The number of hydrogen-bond donors (Lipinski definition) is 5. The molecule has 1 amide bonds. The summed E-state index contributed by atoms with van der Waals surface area (Å²) >= 11 is 0. The topological polar surface area (TPSA) is 167 Å². The number of fused-ring (bicyclic) bond motifs is 1. The molecule has 9 nitrogen and oxygen atoms in total. The SMILES string of the molecule is COc1cccc(CC=Cc2ccc(O)c3c2CC(CC(CCO)C(CO)C(=O)CC(N)=O)CC3=O)c1O. The van der Waals surface area contributed by atoms with Gasteiger partial charge in [0.1, 0.15) is 11.5 Å². The highest BCUT2D eigenvalue weighted by molar-refractivity contribution is 6.02. The Hall–Kier alpha value is -3.69. The first kappa shape index (κ1) is 28.9. The molecule has 3 rings (SSSR count). The molecule has 9 heteroatoms. The van der Waals surface area contributed by atoms with E-state index in [0.29, 0.717) is 36.1 Å². The molecule has 0 saturated heterocycles. The average Bonchev–Trinajstić information content (AvgIpc) is 2.86. The van der Waals surface area contributed by atoms with Crippen LogP contribution in [-0.2, 0) is 22.4 Å². The second-order valence-electron chi connectivity index (χ2n) is 9.71. The van der Waals surface area contributed by atoms with Crippen molar-refractivity contribution < 1.29 is 39.5 Å². The molecule has 0 saturated carbocycles. The largest absolute Gasteiger partial charge is 0.507 e. The Kier molecular flexibility index (Phi) is 10.0. The fraction of sp³-hybridized carbons (Fsp3) is 0.414. The maximum Gasteiger partial charge on any atom is 0.224 e. The van der Waals surface area contributed by atoms with Gasteiger partial charge in [0.2, 0.25) is 5.91 Å². The number of para-hydroxylation sites is 1. The van der Waals surface area contributed by atoms with Crippen molar-refractivity contribution in [1.29, 1.82) is 0 Å². The first-order valence-corrected chi connectivity index (χ1v) is 12.6. The van der Waals surface area contributed by atoms with Gasteiger partial charge in [0.05, 0.1) is 25.7 Å². The van der Waals surface area contributed by atoms with Gasteiger partial charge in [0.25, 0.3) is 0 Å². The summed E-state index contributed by atoms with van der Waals surface area (Å²) in [6.07, 6.45) is 4.81. The molecule has 1 aliphatic carbocycles. The Morgan fingerprint density at radius 2 is 1.92 bits per heavy atom. The number of phenols is 2. The highest BCUT2D eigenvalue weighted by Crippen LogP contribution is 2.39. The number of aliphatic hydroxyl groups excluding tert-OH is 2. The van der Waals surface area contributed by atoms with Gasteiger partial charge in [0, 0.05) is 24.5 Å². The van der Waals surface area contributed by atoms with Gasteiger partial charge in [-0.2, -0.15) is 0 Å². The number of primary amides is 1.